The van der Waals surface area contributed by atoms with Crippen LogP contribution in [-0.2, 0) is 0 Å². The van der Waals surface area contributed by atoms with Gasteiger partial charge in [0.05, 0.1) is 15.5 Å². The molecule has 0 aliphatic carbocycles. The number of nitrogens with zero attached hydrogens (tertiary/aromatic N) is 1. The maximum Gasteiger partial charge on any atom is 0.273 e. The quantitative estimate of drug-likeness (QED) is 0.669. The summed E-state index contributed by atoms with van der Waals surface area (Å²) in [4.78, 5) is 21.7. The van der Waals surface area contributed by atoms with Crippen LogP contribution >= 0.6 is 15.9 Å². The van der Waals surface area contributed by atoms with Crippen LogP contribution in [0.25, 0.3) is 0 Å². The average Bonchev–Trinajstić information content (AvgIpc) is 2.42. The van der Waals surface area contributed by atoms with Crippen LogP contribution in [0.2, 0.25) is 0 Å². The lowest BCUT2D eigenvalue weighted by molar-refractivity contribution is -0.385. The largest absolute Gasteiger partial charge is 0.322 e. The van der Waals surface area contributed by atoms with E-state index in [-0.39, 0.29) is 15.7 Å². The minimum atomic E-state index is -0.906. The van der Waals surface area contributed by atoms with Crippen molar-refractivity contribution in [3.05, 3.63) is 68.2 Å². The van der Waals surface area contributed by atoms with Crippen molar-refractivity contribution in [3.63, 3.8) is 0 Å². The molecule has 108 valence electrons. The molecular weight excluding hydrogens is 350 g/mol. The van der Waals surface area contributed by atoms with Crippen LogP contribution in [0.1, 0.15) is 10.4 Å². The van der Waals surface area contributed by atoms with Gasteiger partial charge in [0.15, 0.2) is 0 Å². The molecule has 5 nitrogen and oxygen atoms in total. The number of hydrogen-bond acceptors (Lipinski definition) is 3. The molecule has 0 spiro atoms. The fourth-order valence-electron chi connectivity index (χ4n) is 1.59. The van der Waals surface area contributed by atoms with Crippen LogP contribution in [0.4, 0.5) is 20.2 Å². The molecule has 0 radical (unpaired) electrons. The van der Waals surface area contributed by atoms with E-state index in [1.54, 1.807) is 0 Å². The smallest absolute Gasteiger partial charge is 0.273 e. The zero-order valence-electron chi connectivity index (χ0n) is 10.3. The number of nitro benzene ring substituents is 1. The van der Waals surface area contributed by atoms with Gasteiger partial charge in [-0.3, -0.25) is 14.9 Å². The van der Waals surface area contributed by atoms with Crippen LogP contribution < -0.4 is 5.32 Å². The second kappa shape index (κ2) is 5.96. The Morgan fingerprint density at radius 1 is 1.19 bits per heavy atom. The van der Waals surface area contributed by atoms with Gasteiger partial charge in [-0.05, 0) is 40.2 Å². The van der Waals surface area contributed by atoms with Crippen molar-refractivity contribution in [1.82, 2.24) is 0 Å². The number of nitro groups is 1. The van der Waals surface area contributed by atoms with E-state index in [2.05, 4.69) is 21.2 Å². The molecule has 0 saturated heterocycles. The summed E-state index contributed by atoms with van der Waals surface area (Å²) in [6.45, 7) is 0. The van der Waals surface area contributed by atoms with Crippen LogP contribution in [0, 0.1) is 21.7 Å². The lowest BCUT2D eigenvalue weighted by atomic mass is 10.1. The Morgan fingerprint density at radius 3 is 2.52 bits per heavy atom. The van der Waals surface area contributed by atoms with Crippen molar-refractivity contribution >= 4 is 33.2 Å². The third-order valence-corrected chi connectivity index (χ3v) is 3.18. The molecule has 0 aliphatic heterocycles. The highest BCUT2D eigenvalue weighted by molar-refractivity contribution is 9.10. The Morgan fingerprint density at radius 2 is 1.90 bits per heavy atom. The molecule has 8 heteroatoms. The maximum absolute atomic E-state index is 13.3. The highest BCUT2D eigenvalue weighted by Gasteiger charge is 2.15. The molecule has 0 atom stereocenters. The van der Waals surface area contributed by atoms with Gasteiger partial charge in [0.25, 0.3) is 11.6 Å². The number of halogens is 3. The van der Waals surface area contributed by atoms with Gasteiger partial charge < -0.3 is 5.32 Å². The Hall–Kier alpha value is -2.35. The molecule has 2 aromatic carbocycles. The van der Waals surface area contributed by atoms with Gasteiger partial charge in [-0.15, -0.1) is 0 Å². The minimum Gasteiger partial charge on any atom is -0.322 e. The number of hydrogen-bond donors (Lipinski definition) is 1. The highest BCUT2D eigenvalue weighted by Crippen LogP contribution is 2.21. The SMILES string of the molecule is O=C(Nc1ccc(Br)c(F)c1)c1cc(F)cc([N+](=O)[O-])c1. The third kappa shape index (κ3) is 3.60. The van der Waals surface area contributed by atoms with Crippen molar-refractivity contribution in [2.45, 2.75) is 0 Å². The number of non-ortho nitro benzene ring substituents is 1. The molecule has 21 heavy (non-hydrogen) atoms. The van der Waals surface area contributed by atoms with Gasteiger partial charge >= 0.3 is 0 Å². The minimum absolute atomic E-state index is 0.146. The maximum atomic E-state index is 13.3. The van der Waals surface area contributed by atoms with E-state index < -0.39 is 28.2 Å². The van der Waals surface area contributed by atoms with E-state index >= 15 is 0 Å². The number of benzene rings is 2. The van der Waals surface area contributed by atoms with Gasteiger partial charge in [-0.2, -0.15) is 0 Å². The molecular formula is C13H7BrF2N2O3. The Balaban J connectivity index is 2.27. The summed E-state index contributed by atoms with van der Waals surface area (Å²) in [6.07, 6.45) is 0. The second-order valence-corrected chi connectivity index (χ2v) is 4.89. The molecule has 0 heterocycles. The molecule has 0 aromatic heterocycles. The third-order valence-electron chi connectivity index (χ3n) is 2.53. The summed E-state index contributed by atoms with van der Waals surface area (Å²) in [5.41, 5.74) is -0.625. The van der Waals surface area contributed by atoms with Crippen molar-refractivity contribution < 1.29 is 18.5 Å². The van der Waals surface area contributed by atoms with Crippen LogP contribution in [0.5, 0.6) is 0 Å². The summed E-state index contributed by atoms with van der Waals surface area (Å²) in [5, 5.41) is 13.0. The first-order chi connectivity index (χ1) is 9.86. The van der Waals surface area contributed by atoms with Gasteiger partial charge in [0.1, 0.15) is 11.6 Å². The standard InChI is InChI=1S/C13H7BrF2N2O3/c14-11-2-1-9(6-12(11)16)17-13(19)7-3-8(15)5-10(4-7)18(20)21/h1-6H,(H,17,19). The molecule has 2 aromatic rings. The summed E-state index contributed by atoms with van der Waals surface area (Å²) in [6, 6.07) is 6.38. The molecule has 0 aliphatic rings. The second-order valence-electron chi connectivity index (χ2n) is 4.04. The first-order valence-electron chi connectivity index (χ1n) is 5.58. The van der Waals surface area contributed by atoms with Gasteiger partial charge in [-0.25, -0.2) is 8.78 Å². The first-order valence-corrected chi connectivity index (χ1v) is 6.37. The van der Waals surface area contributed by atoms with Gasteiger partial charge in [0.2, 0.25) is 0 Å². The average molecular weight is 357 g/mol. The van der Waals surface area contributed by atoms with Gasteiger partial charge in [-0.1, -0.05) is 0 Å². The molecule has 1 N–H and O–H groups in total. The van der Waals surface area contributed by atoms with E-state index in [4.69, 9.17) is 0 Å². The number of amides is 1. The highest BCUT2D eigenvalue weighted by atomic mass is 79.9. The monoisotopic (exact) mass is 356 g/mol. The lowest BCUT2D eigenvalue weighted by Gasteiger charge is -2.06. The molecule has 2 rings (SSSR count). The molecule has 0 unspecified atom stereocenters. The van der Waals surface area contributed by atoms with Crippen molar-refractivity contribution in [2.75, 3.05) is 5.32 Å². The number of rotatable bonds is 3. The molecule has 1 amide bonds. The van der Waals surface area contributed by atoms with E-state index in [0.29, 0.717) is 6.07 Å². The number of carbonyl (C=O) groups excluding carboxylic acids is 1. The normalized spacial score (nSPS) is 10.2. The van der Waals surface area contributed by atoms with Crippen LogP contribution in [0.15, 0.2) is 40.9 Å². The Labute approximate surface area is 125 Å². The summed E-state index contributed by atoms with van der Waals surface area (Å²) >= 11 is 2.96. The number of nitrogens with one attached hydrogen (secondary N) is 1. The summed E-state index contributed by atoms with van der Waals surface area (Å²) in [5.74, 6) is -2.27. The number of carbonyl (C=O) groups is 1. The predicted octanol–water partition coefficient (Wildman–Crippen LogP) is 3.89. The van der Waals surface area contributed by atoms with Crippen molar-refractivity contribution in [2.24, 2.45) is 0 Å². The topological polar surface area (TPSA) is 72.2 Å². The summed E-state index contributed by atoms with van der Waals surface area (Å²) < 4.78 is 26.8. The number of anilines is 1. The van der Waals surface area contributed by atoms with Gasteiger partial charge in [0, 0.05) is 17.3 Å². The zero-order valence-corrected chi connectivity index (χ0v) is 11.9. The summed E-state index contributed by atoms with van der Waals surface area (Å²) in [7, 11) is 0. The Kier molecular flexibility index (Phi) is 4.27. The zero-order chi connectivity index (χ0) is 15.6. The van der Waals surface area contributed by atoms with E-state index in [1.165, 1.54) is 12.1 Å². The van der Waals surface area contributed by atoms with Crippen molar-refractivity contribution in [1.29, 1.82) is 0 Å². The molecule has 0 fully saturated rings. The van der Waals surface area contributed by atoms with Crippen LogP contribution in [-0.4, -0.2) is 10.8 Å². The van der Waals surface area contributed by atoms with Crippen LogP contribution in [0.3, 0.4) is 0 Å². The van der Waals surface area contributed by atoms with E-state index in [1.807, 2.05) is 0 Å². The molecule has 0 saturated carbocycles. The fourth-order valence-corrected chi connectivity index (χ4v) is 1.83. The lowest BCUT2D eigenvalue weighted by Crippen LogP contribution is -2.12. The van der Waals surface area contributed by atoms with E-state index in [0.717, 1.165) is 18.2 Å². The first kappa shape index (κ1) is 15.0. The Bertz CT molecular complexity index is 737. The molecule has 0 bridgehead atoms. The predicted molar refractivity (Wildman–Crippen MR) is 75.1 cm³/mol. The van der Waals surface area contributed by atoms with E-state index in [9.17, 15) is 23.7 Å². The van der Waals surface area contributed by atoms with Crippen molar-refractivity contribution in [3.8, 4) is 0 Å². The fraction of sp³-hybridized carbons (Fsp3) is 0.